The van der Waals surface area contributed by atoms with Gasteiger partial charge in [0.25, 0.3) is 0 Å². The normalized spacial score (nSPS) is 15.0. The lowest BCUT2D eigenvalue weighted by atomic mass is 11.5. The minimum absolute atomic E-state index is 0.354. The predicted molar refractivity (Wildman–Crippen MR) is 38.6 cm³/mol. The van der Waals surface area contributed by atoms with Crippen LogP contribution in [0.25, 0.3) is 0 Å². The van der Waals surface area contributed by atoms with E-state index >= 15 is 0 Å². The molecule has 1 unspecified atom stereocenters. The second kappa shape index (κ2) is 3.63. The van der Waals surface area contributed by atoms with Crippen LogP contribution in [0.4, 0.5) is 0 Å². The van der Waals surface area contributed by atoms with Gasteiger partial charge in [0, 0.05) is 7.11 Å². The molecule has 44 valence electrons. The fourth-order valence-corrected chi connectivity index (χ4v) is 0.816. The molecule has 0 spiro atoms. The Morgan fingerprint density at radius 2 is 2.00 bits per heavy atom. The van der Waals surface area contributed by atoms with Gasteiger partial charge in [-0.25, -0.2) is 0 Å². The van der Waals surface area contributed by atoms with Crippen LogP contribution in [0.1, 0.15) is 0 Å². The number of hydrogen-bond acceptors (Lipinski definition) is 1. The Bertz CT molecular complexity index is 49.0. The summed E-state index contributed by atoms with van der Waals surface area (Å²) >= 11 is 3.38. The molecule has 0 fully saturated rings. The summed E-state index contributed by atoms with van der Waals surface area (Å²) in [7, 11) is 1.16. The summed E-state index contributed by atoms with van der Waals surface area (Å²) in [6.07, 6.45) is 0. The Labute approximate surface area is 54.8 Å². The topological polar surface area (TPSA) is 9.23 Å². The molecule has 3 heteroatoms. The van der Waals surface area contributed by atoms with Crippen molar-refractivity contribution in [2.75, 3.05) is 7.11 Å². The van der Waals surface area contributed by atoms with Crippen molar-refractivity contribution in [2.45, 2.75) is 17.7 Å². The molecule has 0 aromatic heterocycles. The molecular formula is C4H11BrOSi. The standard InChI is InChI=1S/C4H11BrOSi/c1-6-4(5)7(2)3/h4,7H,1-3H3. The number of alkyl halides is 1. The van der Waals surface area contributed by atoms with Crippen molar-refractivity contribution >= 4 is 24.7 Å². The average Bonchev–Trinajstić information content (AvgIpc) is 1.65. The van der Waals surface area contributed by atoms with Crippen LogP contribution in [-0.2, 0) is 4.74 Å². The zero-order valence-corrected chi connectivity index (χ0v) is 7.68. The Kier molecular flexibility index (Phi) is 3.97. The Morgan fingerprint density at radius 3 is 2.00 bits per heavy atom. The van der Waals surface area contributed by atoms with Crippen molar-refractivity contribution < 1.29 is 4.74 Å². The lowest BCUT2D eigenvalue weighted by molar-refractivity contribution is 0.229. The first kappa shape index (κ1) is 7.66. The minimum atomic E-state index is -0.570. The fourth-order valence-electron chi connectivity index (χ4n) is 0.272. The molecule has 7 heavy (non-hydrogen) atoms. The molecular weight excluding hydrogens is 172 g/mol. The molecule has 0 N–H and O–H groups in total. The van der Waals surface area contributed by atoms with Gasteiger partial charge in [-0.1, -0.05) is 29.0 Å². The highest BCUT2D eigenvalue weighted by molar-refractivity contribution is 9.10. The van der Waals surface area contributed by atoms with Crippen LogP contribution < -0.4 is 0 Å². The molecule has 0 rings (SSSR count). The molecule has 1 nitrogen and oxygen atoms in total. The maximum atomic E-state index is 4.99. The van der Waals surface area contributed by atoms with Crippen molar-refractivity contribution in [3.05, 3.63) is 0 Å². The maximum absolute atomic E-state index is 4.99. The molecule has 0 saturated heterocycles. The van der Waals surface area contributed by atoms with E-state index in [-0.39, 0.29) is 0 Å². The third-order valence-electron chi connectivity index (χ3n) is 0.749. The second-order valence-corrected chi connectivity index (χ2v) is 6.80. The molecule has 1 atom stereocenters. The second-order valence-electron chi connectivity index (χ2n) is 1.83. The Morgan fingerprint density at radius 1 is 1.57 bits per heavy atom. The van der Waals surface area contributed by atoms with Gasteiger partial charge < -0.3 is 4.74 Å². The van der Waals surface area contributed by atoms with Crippen LogP contribution in [-0.4, -0.2) is 20.5 Å². The van der Waals surface area contributed by atoms with E-state index in [9.17, 15) is 0 Å². The first-order valence-electron chi connectivity index (χ1n) is 2.35. The molecule has 0 aliphatic carbocycles. The van der Waals surface area contributed by atoms with Gasteiger partial charge in [0.15, 0.2) is 0 Å². The molecule has 0 bridgehead atoms. The molecule has 0 aromatic carbocycles. The van der Waals surface area contributed by atoms with E-state index in [2.05, 4.69) is 29.0 Å². The Balaban J connectivity index is 3.14. The SMILES string of the molecule is COC(Br)[SiH](C)C. The van der Waals surface area contributed by atoms with Crippen molar-refractivity contribution in [1.82, 2.24) is 0 Å². The minimum Gasteiger partial charge on any atom is -0.374 e. The van der Waals surface area contributed by atoms with E-state index < -0.39 is 8.80 Å². The van der Waals surface area contributed by atoms with Crippen LogP contribution in [0.15, 0.2) is 0 Å². The van der Waals surface area contributed by atoms with Crippen LogP contribution >= 0.6 is 15.9 Å². The predicted octanol–water partition coefficient (Wildman–Crippen LogP) is 1.38. The number of ether oxygens (including phenoxy) is 1. The van der Waals surface area contributed by atoms with Gasteiger partial charge in [0.2, 0.25) is 0 Å². The highest BCUT2D eigenvalue weighted by Gasteiger charge is 2.06. The summed E-state index contributed by atoms with van der Waals surface area (Å²) in [5.74, 6) is 0. The van der Waals surface area contributed by atoms with Crippen molar-refractivity contribution in [3.8, 4) is 0 Å². The summed E-state index contributed by atoms with van der Waals surface area (Å²) in [5, 5.41) is 0. The largest absolute Gasteiger partial charge is 0.374 e. The maximum Gasteiger partial charge on any atom is 0.0965 e. The van der Waals surface area contributed by atoms with Gasteiger partial charge in [-0.2, -0.15) is 0 Å². The fraction of sp³-hybridized carbons (Fsp3) is 1.00. The lowest BCUT2D eigenvalue weighted by Crippen LogP contribution is -2.18. The average molecular weight is 183 g/mol. The van der Waals surface area contributed by atoms with Crippen molar-refractivity contribution in [3.63, 3.8) is 0 Å². The van der Waals surface area contributed by atoms with Crippen LogP contribution in [0, 0.1) is 0 Å². The molecule has 0 saturated carbocycles. The molecule has 0 heterocycles. The van der Waals surface area contributed by atoms with Crippen molar-refractivity contribution in [2.24, 2.45) is 0 Å². The summed E-state index contributed by atoms with van der Waals surface area (Å²) in [4.78, 5) is 0. The summed E-state index contributed by atoms with van der Waals surface area (Å²) in [5.41, 5.74) is 0. The third kappa shape index (κ3) is 3.26. The van der Waals surface area contributed by atoms with E-state index in [1.54, 1.807) is 7.11 Å². The lowest BCUT2D eigenvalue weighted by Gasteiger charge is -2.08. The van der Waals surface area contributed by atoms with E-state index in [4.69, 9.17) is 4.74 Å². The van der Waals surface area contributed by atoms with Gasteiger partial charge in [-0.05, 0) is 0 Å². The first-order valence-corrected chi connectivity index (χ1v) is 6.24. The van der Waals surface area contributed by atoms with E-state index in [1.165, 1.54) is 0 Å². The summed E-state index contributed by atoms with van der Waals surface area (Å²) in [6.45, 7) is 4.48. The third-order valence-corrected chi connectivity index (χ3v) is 5.62. The van der Waals surface area contributed by atoms with E-state index in [1.807, 2.05) is 0 Å². The number of halogens is 1. The van der Waals surface area contributed by atoms with Crippen LogP contribution in [0.3, 0.4) is 0 Å². The van der Waals surface area contributed by atoms with Gasteiger partial charge >= 0.3 is 0 Å². The van der Waals surface area contributed by atoms with Crippen LogP contribution in [0.5, 0.6) is 0 Å². The smallest absolute Gasteiger partial charge is 0.0965 e. The Hall–Kier alpha value is 0.657. The van der Waals surface area contributed by atoms with E-state index in [0.29, 0.717) is 4.64 Å². The van der Waals surface area contributed by atoms with Crippen molar-refractivity contribution in [1.29, 1.82) is 0 Å². The number of methoxy groups -OCH3 is 1. The highest BCUT2D eigenvalue weighted by atomic mass is 79.9. The number of hydrogen-bond donors (Lipinski definition) is 0. The highest BCUT2D eigenvalue weighted by Crippen LogP contribution is 2.03. The monoisotopic (exact) mass is 182 g/mol. The van der Waals surface area contributed by atoms with Gasteiger partial charge in [0.05, 0.1) is 13.4 Å². The van der Waals surface area contributed by atoms with E-state index in [0.717, 1.165) is 0 Å². The zero-order valence-electron chi connectivity index (χ0n) is 4.94. The molecule has 0 amide bonds. The summed E-state index contributed by atoms with van der Waals surface area (Å²) in [6, 6.07) is 0. The zero-order chi connectivity index (χ0) is 5.86. The molecule has 0 aliphatic rings. The van der Waals surface area contributed by atoms with Gasteiger partial charge in [-0.3, -0.25) is 0 Å². The first-order chi connectivity index (χ1) is 3.18. The number of rotatable bonds is 2. The molecule has 0 aromatic rings. The molecule has 0 aliphatic heterocycles. The quantitative estimate of drug-likeness (QED) is 0.464. The van der Waals surface area contributed by atoms with Crippen LogP contribution in [0.2, 0.25) is 13.1 Å². The molecule has 0 radical (unpaired) electrons. The summed E-state index contributed by atoms with van der Waals surface area (Å²) < 4.78 is 5.34. The van der Waals surface area contributed by atoms with Gasteiger partial charge in [-0.15, -0.1) is 0 Å². The van der Waals surface area contributed by atoms with Gasteiger partial charge in [0.1, 0.15) is 0 Å².